The van der Waals surface area contributed by atoms with Crippen LogP contribution in [0.15, 0.2) is 54.6 Å². The Labute approximate surface area is 209 Å². The number of carbonyl (C=O) groups is 2. The van der Waals surface area contributed by atoms with Gasteiger partial charge in [0.15, 0.2) is 17.3 Å². The van der Waals surface area contributed by atoms with Crippen LogP contribution in [0, 0.1) is 0 Å². The van der Waals surface area contributed by atoms with Crippen LogP contribution in [0.4, 0.5) is 11.4 Å². The third-order valence-electron chi connectivity index (χ3n) is 6.66. The maximum atomic E-state index is 13.6. The van der Waals surface area contributed by atoms with Crippen molar-refractivity contribution in [2.45, 2.75) is 43.9 Å². The third-order valence-corrected chi connectivity index (χ3v) is 7.35. The molecule has 1 fully saturated rings. The molecule has 5 rings (SSSR count). The van der Waals surface area contributed by atoms with Crippen LogP contribution in [0.5, 0.6) is 11.5 Å². The molecule has 3 N–H and O–H groups in total. The fourth-order valence-corrected chi connectivity index (χ4v) is 5.31. The summed E-state index contributed by atoms with van der Waals surface area (Å²) >= 11 is 1.36. The second kappa shape index (κ2) is 10.1. The first-order valence-corrected chi connectivity index (χ1v) is 12.8. The molecule has 1 saturated carbocycles. The van der Waals surface area contributed by atoms with Crippen molar-refractivity contribution in [3.05, 3.63) is 82.4 Å². The van der Waals surface area contributed by atoms with E-state index in [1.54, 1.807) is 37.4 Å². The molecule has 0 aromatic heterocycles. The number of rotatable bonds is 7. The van der Waals surface area contributed by atoms with Gasteiger partial charge in [-0.15, -0.1) is 0 Å². The monoisotopic (exact) mass is 488 g/mol. The van der Waals surface area contributed by atoms with Gasteiger partial charge in [-0.05, 0) is 42.6 Å². The molecule has 7 heteroatoms. The minimum atomic E-state index is -0.253. The molecule has 2 aliphatic rings. The average Bonchev–Trinajstić information content (AvgIpc) is 2.89. The van der Waals surface area contributed by atoms with Gasteiger partial charge in [0.25, 0.3) is 0 Å². The molecule has 0 atom stereocenters. The summed E-state index contributed by atoms with van der Waals surface area (Å²) in [7, 11) is 1.64. The number of carbonyl (C=O) groups excluding carboxylic acids is 2. The van der Waals surface area contributed by atoms with Crippen molar-refractivity contribution in [2.75, 3.05) is 18.2 Å². The second-order valence-electron chi connectivity index (χ2n) is 8.94. The van der Waals surface area contributed by atoms with Crippen LogP contribution in [-0.2, 0) is 9.94 Å². The van der Waals surface area contributed by atoms with Crippen LogP contribution in [0.1, 0.15) is 69.5 Å². The van der Waals surface area contributed by atoms with E-state index in [0.717, 1.165) is 37.0 Å². The zero-order valence-electron chi connectivity index (χ0n) is 19.6. The van der Waals surface area contributed by atoms with Crippen molar-refractivity contribution in [3.63, 3.8) is 0 Å². The van der Waals surface area contributed by atoms with E-state index < -0.39 is 0 Å². The normalized spacial score (nSPS) is 15.5. The lowest BCUT2D eigenvalue weighted by Gasteiger charge is -2.28. The standard InChI is InChI=1S/C28H28N2O4S/c1-33-35-16-17-11-13-19(14-12-17)34-23-15-22(30-18-7-3-2-4-8-18)24-25(26(23)29)28(32)21-10-6-5-9-20(21)27(24)31/h5-6,9-15,18,30H,2-4,7-8,16,29H2,1H3. The van der Waals surface area contributed by atoms with Crippen LogP contribution < -0.4 is 15.8 Å². The van der Waals surface area contributed by atoms with E-state index >= 15 is 0 Å². The Balaban J connectivity index is 1.56. The summed E-state index contributed by atoms with van der Waals surface area (Å²) in [4.78, 5) is 27.1. The Bertz CT molecular complexity index is 1270. The van der Waals surface area contributed by atoms with Gasteiger partial charge in [0.2, 0.25) is 0 Å². The predicted octanol–water partition coefficient (Wildman–Crippen LogP) is 6.38. The number of hydrogen-bond donors (Lipinski definition) is 2. The van der Waals surface area contributed by atoms with Gasteiger partial charge in [-0.3, -0.25) is 9.59 Å². The average molecular weight is 489 g/mol. The highest BCUT2D eigenvalue weighted by molar-refractivity contribution is 7.93. The lowest BCUT2D eigenvalue weighted by molar-refractivity contribution is 0.0980. The largest absolute Gasteiger partial charge is 0.455 e. The molecule has 0 unspecified atom stereocenters. The predicted molar refractivity (Wildman–Crippen MR) is 139 cm³/mol. The molecule has 0 radical (unpaired) electrons. The Morgan fingerprint density at radius 2 is 1.60 bits per heavy atom. The molecule has 3 aromatic carbocycles. The Morgan fingerprint density at radius 1 is 0.943 bits per heavy atom. The molecule has 0 spiro atoms. The Hall–Kier alpha value is -3.29. The summed E-state index contributed by atoms with van der Waals surface area (Å²) in [6.07, 6.45) is 5.54. The van der Waals surface area contributed by atoms with Crippen molar-refractivity contribution in [1.29, 1.82) is 0 Å². The van der Waals surface area contributed by atoms with Crippen molar-refractivity contribution in [3.8, 4) is 11.5 Å². The van der Waals surface area contributed by atoms with Crippen LogP contribution in [-0.4, -0.2) is 24.7 Å². The minimum Gasteiger partial charge on any atom is -0.455 e. The first-order valence-electron chi connectivity index (χ1n) is 11.9. The molecule has 0 aliphatic heterocycles. The van der Waals surface area contributed by atoms with Crippen molar-refractivity contribution in [1.82, 2.24) is 0 Å². The second-order valence-corrected chi connectivity index (χ2v) is 9.80. The highest BCUT2D eigenvalue weighted by Gasteiger charge is 2.35. The molecule has 6 nitrogen and oxygen atoms in total. The highest BCUT2D eigenvalue weighted by Crippen LogP contribution is 2.42. The lowest BCUT2D eigenvalue weighted by Crippen LogP contribution is -2.28. The molecule has 180 valence electrons. The van der Waals surface area contributed by atoms with E-state index in [9.17, 15) is 9.59 Å². The zero-order valence-corrected chi connectivity index (χ0v) is 20.5. The Kier molecular flexibility index (Phi) is 6.79. The summed E-state index contributed by atoms with van der Waals surface area (Å²) < 4.78 is 11.2. The van der Waals surface area contributed by atoms with E-state index in [-0.39, 0.29) is 28.9 Å². The van der Waals surface area contributed by atoms with Crippen LogP contribution in [0.2, 0.25) is 0 Å². The molecular formula is C28H28N2O4S. The van der Waals surface area contributed by atoms with Gasteiger partial charge in [0, 0.05) is 29.0 Å². The molecule has 0 amide bonds. The molecule has 2 aliphatic carbocycles. The maximum absolute atomic E-state index is 13.6. The number of ketones is 2. The lowest BCUT2D eigenvalue weighted by atomic mass is 9.81. The Morgan fingerprint density at radius 3 is 2.26 bits per heavy atom. The van der Waals surface area contributed by atoms with Gasteiger partial charge in [0.1, 0.15) is 5.75 Å². The minimum absolute atomic E-state index is 0.182. The molecule has 0 heterocycles. The fraction of sp³-hybridized carbons (Fsp3) is 0.286. The SMILES string of the molecule is COSCc1ccc(Oc2cc(NC3CCCCC3)c3c(c2N)C(=O)c2ccccc2C3=O)cc1. The number of nitrogen functional groups attached to an aromatic ring is 1. The molecular weight excluding hydrogens is 460 g/mol. The van der Waals surface area contributed by atoms with Crippen LogP contribution >= 0.6 is 12.0 Å². The number of ether oxygens (including phenoxy) is 1. The molecule has 0 bridgehead atoms. The highest BCUT2D eigenvalue weighted by atomic mass is 32.2. The maximum Gasteiger partial charge on any atom is 0.196 e. The zero-order chi connectivity index (χ0) is 24.4. The van der Waals surface area contributed by atoms with Gasteiger partial charge >= 0.3 is 0 Å². The number of benzene rings is 3. The molecule has 0 saturated heterocycles. The smallest absolute Gasteiger partial charge is 0.196 e. The summed E-state index contributed by atoms with van der Waals surface area (Å²) in [5.41, 5.74) is 9.75. The number of nitrogens with two attached hydrogens (primary N) is 1. The first-order chi connectivity index (χ1) is 17.1. The van der Waals surface area contributed by atoms with Gasteiger partial charge in [-0.2, -0.15) is 0 Å². The van der Waals surface area contributed by atoms with Crippen molar-refractivity contribution < 1.29 is 18.5 Å². The van der Waals surface area contributed by atoms with Crippen LogP contribution in [0.25, 0.3) is 0 Å². The van der Waals surface area contributed by atoms with E-state index in [2.05, 4.69) is 5.32 Å². The third kappa shape index (κ3) is 4.66. The van der Waals surface area contributed by atoms with E-state index in [1.165, 1.54) is 18.5 Å². The van der Waals surface area contributed by atoms with Gasteiger partial charge < -0.3 is 20.0 Å². The number of nitrogens with one attached hydrogen (secondary N) is 1. The van der Waals surface area contributed by atoms with Gasteiger partial charge in [-0.25, -0.2) is 0 Å². The van der Waals surface area contributed by atoms with E-state index in [1.807, 2.05) is 24.3 Å². The van der Waals surface area contributed by atoms with Crippen molar-refractivity contribution >= 4 is 35.0 Å². The van der Waals surface area contributed by atoms with Crippen molar-refractivity contribution in [2.24, 2.45) is 0 Å². The van der Waals surface area contributed by atoms with E-state index in [4.69, 9.17) is 14.7 Å². The van der Waals surface area contributed by atoms with Gasteiger partial charge in [0.05, 0.1) is 29.6 Å². The quantitative estimate of drug-likeness (QED) is 0.230. The number of hydrogen-bond acceptors (Lipinski definition) is 7. The summed E-state index contributed by atoms with van der Waals surface area (Å²) in [5.74, 6) is 1.25. The fourth-order valence-electron chi connectivity index (χ4n) is 4.87. The number of anilines is 2. The summed E-state index contributed by atoms with van der Waals surface area (Å²) in [6.45, 7) is 0. The number of fused-ring (bicyclic) bond motifs is 2. The summed E-state index contributed by atoms with van der Waals surface area (Å²) in [5, 5.41) is 3.55. The van der Waals surface area contributed by atoms with Gasteiger partial charge in [-0.1, -0.05) is 55.7 Å². The molecule has 3 aromatic rings. The molecule has 35 heavy (non-hydrogen) atoms. The van der Waals surface area contributed by atoms with E-state index in [0.29, 0.717) is 33.9 Å². The topological polar surface area (TPSA) is 90.7 Å². The summed E-state index contributed by atoms with van der Waals surface area (Å²) in [6, 6.07) is 16.6. The van der Waals surface area contributed by atoms with Crippen LogP contribution in [0.3, 0.4) is 0 Å². The first kappa shape index (κ1) is 23.5.